The largest absolute Gasteiger partial charge is 0.444 e. The topological polar surface area (TPSA) is 59.6 Å². The molecule has 1 aliphatic heterocycles. The van der Waals surface area contributed by atoms with Crippen LogP contribution < -0.4 is 10.6 Å². The van der Waals surface area contributed by atoms with E-state index in [9.17, 15) is 4.79 Å². The fourth-order valence-electron chi connectivity index (χ4n) is 4.26. The Kier molecular flexibility index (Phi) is 5.16. The van der Waals surface area contributed by atoms with Gasteiger partial charge in [0.15, 0.2) is 0 Å². The summed E-state index contributed by atoms with van der Waals surface area (Å²) in [5.41, 5.74) is -0.455. The van der Waals surface area contributed by atoms with E-state index in [2.05, 4.69) is 10.6 Å². The monoisotopic (exact) mass is 324 g/mol. The van der Waals surface area contributed by atoms with Crippen LogP contribution in [0.4, 0.5) is 4.79 Å². The molecule has 23 heavy (non-hydrogen) atoms. The molecule has 132 valence electrons. The molecule has 0 aromatic rings. The highest BCUT2D eigenvalue weighted by atomic mass is 16.6. The molecule has 4 unspecified atom stereocenters. The van der Waals surface area contributed by atoms with E-state index in [0.717, 1.165) is 13.0 Å². The lowest BCUT2D eigenvalue weighted by atomic mass is 9.71. The summed E-state index contributed by atoms with van der Waals surface area (Å²) in [6, 6.07) is 0.939. The van der Waals surface area contributed by atoms with Crippen LogP contribution >= 0.6 is 0 Å². The molecule has 2 aliphatic carbocycles. The first kappa shape index (κ1) is 17.0. The fraction of sp³-hybridized carbons (Fsp3) is 0.944. The Morgan fingerprint density at radius 1 is 1.04 bits per heavy atom. The number of carbonyl (C=O) groups excluding carboxylic acids is 1. The molecule has 2 N–H and O–H groups in total. The van der Waals surface area contributed by atoms with Crippen LogP contribution in [0, 0.1) is 5.92 Å². The molecule has 5 heteroatoms. The molecule has 0 aromatic carbocycles. The second-order valence-corrected chi connectivity index (χ2v) is 8.34. The molecule has 3 aliphatic rings. The number of fused-ring (bicyclic) bond motifs is 1. The minimum atomic E-state index is -0.455. The Morgan fingerprint density at radius 3 is 2.39 bits per heavy atom. The third-order valence-corrected chi connectivity index (χ3v) is 5.35. The zero-order valence-electron chi connectivity index (χ0n) is 14.8. The van der Waals surface area contributed by atoms with E-state index in [0.29, 0.717) is 12.0 Å². The van der Waals surface area contributed by atoms with Crippen molar-refractivity contribution in [2.24, 2.45) is 5.92 Å². The van der Waals surface area contributed by atoms with Crippen molar-refractivity contribution in [1.29, 1.82) is 0 Å². The zero-order chi connectivity index (χ0) is 16.4. The van der Waals surface area contributed by atoms with Gasteiger partial charge >= 0.3 is 6.09 Å². The normalized spacial score (nSPS) is 35.1. The van der Waals surface area contributed by atoms with E-state index < -0.39 is 5.60 Å². The van der Waals surface area contributed by atoms with E-state index in [1.54, 1.807) is 0 Å². The first-order chi connectivity index (χ1) is 10.9. The maximum absolute atomic E-state index is 12.1. The van der Waals surface area contributed by atoms with Crippen molar-refractivity contribution in [3.63, 3.8) is 0 Å². The van der Waals surface area contributed by atoms with Crippen molar-refractivity contribution in [2.45, 2.75) is 95.5 Å². The van der Waals surface area contributed by atoms with E-state index in [1.165, 1.54) is 38.5 Å². The van der Waals surface area contributed by atoms with Crippen molar-refractivity contribution >= 4 is 6.09 Å². The first-order valence-electron chi connectivity index (χ1n) is 9.31. The Morgan fingerprint density at radius 2 is 1.74 bits per heavy atom. The van der Waals surface area contributed by atoms with Gasteiger partial charge in [-0.15, -0.1) is 0 Å². The zero-order valence-corrected chi connectivity index (χ0v) is 14.8. The van der Waals surface area contributed by atoms with Crippen LogP contribution in [0.2, 0.25) is 0 Å². The average molecular weight is 324 g/mol. The highest BCUT2D eigenvalue weighted by Gasteiger charge is 2.55. The Labute approximate surface area is 139 Å². The number of alkyl carbamates (subject to hydrolysis) is 1. The Hall–Kier alpha value is -0.810. The van der Waals surface area contributed by atoms with E-state index >= 15 is 0 Å². The summed E-state index contributed by atoms with van der Waals surface area (Å²) in [6.07, 6.45) is 8.80. The third-order valence-electron chi connectivity index (χ3n) is 5.35. The molecule has 0 spiro atoms. The highest BCUT2D eigenvalue weighted by Crippen LogP contribution is 2.40. The number of rotatable bonds is 3. The second kappa shape index (κ2) is 6.98. The molecule has 3 fully saturated rings. The van der Waals surface area contributed by atoms with Gasteiger partial charge in [0.2, 0.25) is 0 Å². The third kappa shape index (κ3) is 4.18. The summed E-state index contributed by atoms with van der Waals surface area (Å²) < 4.78 is 11.3. The minimum Gasteiger partial charge on any atom is -0.444 e. The van der Waals surface area contributed by atoms with Crippen LogP contribution in [0.3, 0.4) is 0 Å². The molecule has 2 saturated carbocycles. The number of ether oxygens (including phenoxy) is 2. The number of amides is 1. The van der Waals surface area contributed by atoms with Gasteiger partial charge in [-0.05, 0) is 40.0 Å². The second-order valence-electron chi connectivity index (χ2n) is 8.34. The molecule has 0 radical (unpaired) electrons. The molecule has 3 rings (SSSR count). The fourth-order valence-corrected chi connectivity index (χ4v) is 4.26. The lowest BCUT2D eigenvalue weighted by molar-refractivity contribution is -0.0382. The summed E-state index contributed by atoms with van der Waals surface area (Å²) >= 11 is 0. The van der Waals surface area contributed by atoms with Crippen molar-refractivity contribution in [2.75, 3.05) is 6.61 Å². The summed E-state index contributed by atoms with van der Waals surface area (Å²) in [5.74, 6) is 0.436. The van der Waals surface area contributed by atoms with E-state index in [4.69, 9.17) is 9.47 Å². The lowest BCUT2D eigenvalue weighted by Crippen LogP contribution is -2.71. The summed E-state index contributed by atoms with van der Waals surface area (Å²) in [6.45, 7) is 6.51. The Balaban J connectivity index is 1.57. The SMILES string of the molecule is CC(C)(C)OC(=O)NC1C2CCOC2C1NC1CCCCCC1. The van der Waals surface area contributed by atoms with Gasteiger partial charge in [-0.1, -0.05) is 25.7 Å². The molecule has 1 amide bonds. The maximum Gasteiger partial charge on any atom is 0.407 e. The van der Waals surface area contributed by atoms with Crippen LogP contribution in [-0.4, -0.2) is 42.5 Å². The van der Waals surface area contributed by atoms with Gasteiger partial charge in [-0.25, -0.2) is 4.79 Å². The van der Waals surface area contributed by atoms with Crippen molar-refractivity contribution in [3.8, 4) is 0 Å². The lowest BCUT2D eigenvalue weighted by Gasteiger charge is -2.49. The highest BCUT2D eigenvalue weighted by molar-refractivity contribution is 5.68. The molecular weight excluding hydrogens is 292 g/mol. The van der Waals surface area contributed by atoms with Gasteiger partial charge in [0.25, 0.3) is 0 Å². The van der Waals surface area contributed by atoms with Gasteiger partial charge in [-0.3, -0.25) is 0 Å². The van der Waals surface area contributed by atoms with E-state index in [-0.39, 0.29) is 24.3 Å². The van der Waals surface area contributed by atoms with E-state index in [1.807, 2.05) is 20.8 Å². The standard InChI is InChI=1S/C18H32N2O3/c1-18(2,3)23-17(21)20-14-13-10-11-22-16(13)15(14)19-12-8-6-4-5-7-9-12/h12-16,19H,4-11H2,1-3H3,(H,20,21). The van der Waals surface area contributed by atoms with Crippen LogP contribution in [0.15, 0.2) is 0 Å². The first-order valence-corrected chi connectivity index (χ1v) is 9.31. The maximum atomic E-state index is 12.1. The summed E-state index contributed by atoms with van der Waals surface area (Å²) in [5, 5.41) is 6.89. The molecule has 5 nitrogen and oxygen atoms in total. The molecule has 1 saturated heterocycles. The van der Waals surface area contributed by atoms with Crippen molar-refractivity contribution in [3.05, 3.63) is 0 Å². The Bertz CT molecular complexity index is 413. The minimum absolute atomic E-state index is 0.139. The predicted molar refractivity (Wildman–Crippen MR) is 89.4 cm³/mol. The van der Waals surface area contributed by atoms with Crippen LogP contribution in [-0.2, 0) is 9.47 Å². The molecule has 1 heterocycles. The number of carbonyl (C=O) groups is 1. The molecule has 0 bridgehead atoms. The van der Waals surface area contributed by atoms with Crippen molar-refractivity contribution < 1.29 is 14.3 Å². The smallest absolute Gasteiger partial charge is 0.407 e. The molecule has 0 aromatic heterocycles. The average Bonchev–Trinajstić information content (AvgIpc) is 2.70. The number of hydrogen-bond acceptors (Lipinski definition) is 4. The van der Waals surface area contributed by atoms with Crippen LogP contribution in [0.25, 0.3) is 0 Å². The van der Waals surface area contributed by atoms with Crippen molar-refractivity contribution in [1.82, 2.24) is 10.6 Å². The van der Waals surface area contributed by atoms with Gasteiger partial charge < -0.3 is 20.1 Å². The number of hydrogen-bond donors (Lipinski definition) is 2. The van der Waals surface area contributed by atoms with Gasteiger partial charge in [0.1, 0.15) is 5.60 Å². The quantitative estimate of drug-likeness (QED) is 0.784. The van der Waals surface area contributed by atoms with Gasteiger partial charge in [-0.2, -0.15) is 0 Å². The van der Waals surface area contributed by atoms with Gasteiger partial charge in [0, 0.05) is 18.6 Å². The van der Waals surface area contributed by atoms with Gasteiger partial charge in [0.05, 0.1) is 18.2 Å². The summed E-state index contributed by atoms with van der Waals surface area (Å²) in [7, 11) is 0. The van der Waals surface area contributed by atoms with Crippen LogP contribution in [0.5, 0.6) is 0 Å². The molecular formula is C18H32N2O3. The number of nitrogens with one attached hydrogen (secondary N) is 2. The predicted octanol–water partition coefficient (Wildman–Crippen LogP) is 2.98. The molecule has 4 atom stereocenters. The summed E-state index contributed by atoms with van der Waals surface area (Å²) in [4.78, 5) is 12.1. The van der Waals surface area contributed by atoms with Crippen LogP contribution in [0.1, 0.15) is 65.7 Å².